The normalized spacial score (nSPS) is 21.4. The molecule has 2 aromatic rings. The Balaban J connectivity index is 2.01. The number of hydrazine groups is 1. The third-order valence-electron chi connectivity index (χ3n) is 5.86. The average molecular weight is 283 g/mol. The summed E-state index contributed by atoms with van der Waals surface area (Å²) in [5, 5.41) is 1.18. The fraction of sp³-hybridized carbons (Fsp3) is 0.500. The van der Waals surface area contributed by atoms with E-state index in [4.69, 9.17) is 5.84 Å². The largest absolute Gasteiger partial charge is 0.271 e. The molecule has 1 aliphatic rings. The lowest BCUT2D eigenvalue weighted by molar-refractivity contribution is 0.418. The number of nitrogens with two attached hydrogens (primary N) is 1. The van der Waals surface area contributed by atoms with Crippen LogP contribution in [0, 0.1) is 23.7 Å². The van der Waals surface area contributed by atoms with Crippen LogP contribution < -0.4 is 11.3 Å². The van der Waals surface area contributed by atoms with Crippen LogP contribution in [0.3, 0.4) is 0 Å². The van der Waals surface area contributed by atoms with Crippen molar-refractivity contribution in [2.24, 2.45) is 22.6 Å². The minimum Gasteiger partial charge on any atom is -0.271 e. The molecule has 112 valence electrons. The number of hydrogen-bond acceptors (Lipinski definition) is 3. The fourth-order valence-electron chi connectivity index (χ4n) is 3.91. The highest BCUT2D eigenvalue weighted by Gasteiger charge is 2.67. The molecule has 1 unspecified atom stereocenters. The van der Waals surface area contributed by atoms with Gasteiger partial charge in [0, 0.05) is 17.1 Å². The molecule has 1 aromatic heterocycles. The average Bonchev–Trinajstić information content (AvgIpc) is 2.82. The quantitative estimate of drug-likeness (QED) is 0.666. The van der Waals surface area contributed by atoms with Crippen LogP contribution in [0.15, 0.2) is 30.3 Å². The lowest BCUT2D eigenvalue weighted by atomic mass is 9.96. The van der Waals surface area contributed by atoms with Crippen molar-refractivity contribution in [1.29, 1.82) is 0 Å². The Morgan fingerprint density at radius 1 is 1.10 bits per heavy atom. The van der Waals surface area contributed by atoms with Crippen LogP contribution in [0.25, 0.3) is 10.9 Å². The molecular weight excluding hydrogens is 258 g/mol. The number of nitrogens with zero attached hydrogens (tertiary/aromatic N) is 1. The van der Waals surface area contributed by atoms with Gasteiger partial charge in [0.2, 0.25) is 0 Å². The second kappa shape index (κ2) is 4.52. The van der Waals surface area contributed by atoms with Gasteiger partial charge in [-0.3, -0.25) is 16.3 Å². The highest BCUT2D eigenvalue weighted by molar-refractivity contribution is 5.79. The first kappa shape index (κ1) is 14.5. The zero-order chi connectivity index (χ0) is 15.4. The monoisotopic (exact) mass is 283 g/mol. The molecule has 0 amide bonds. The van der Waals surface area contributed by atoms with E-state index in [1.807, 2.05) is 6.92 Å². The summed E-state index contributed by atoms with van der Waals surface area (Å²) in [5.74, 6) is 6.42. The lowest BCUT2D eigenvalue weighted by Gasteiger charge is -2.19. The van der Waals surface area contributed by atoms with E-state index in [9.17, 15) is 0 Å². The Morgan fingerprint density at radius 3 is 2.33 bits per heavy atom. The molecule has 0 aliphatic heterocycles. The maximum Gasteiger partial charge on any atom is 0.0705 e. The SMILES string of the molecule is Cc1ccc2cc(C(NN)C3C(C)(C)C3(C)C)ccc2n1. The molecule has 0 bridgehead atoms. The molecule has 0 saturated heterocycles. The van der Waals surface area contributed by atoms with Crippen molar-refractivity contribution < 1.29 is 0 Å². The number of aryl methyl sites for hydroxylation is 1. The van der Waals surface area contributed by atoms with Gasteiger partial charge in [0.05, 0.1) is 5.52 Å². The van der Waals surface area contributed by atoms with E-state index in [1.165, 1.54) is 10.9 Å². The summed E-state index contributed by atoms with van der Waals surface area (Å²) >= 11 is 0. The standard InChI is InChI=1S/C18H25N3/c1-11-6-7-12-10-13(8-9-14(12)20-11)15(21-19)16-17(2,3)18(16,4)5/h6-10,15-16,21H,19H2,1-5H3. The van der Waals surface area contributed by atoms with Crippen molar-refractivity contribution in [3.63, 3.8) is 0 Å². The van der Waals surface area contributed by atoms with Crippen molar-refractivity contribution >= 4 is 10.9 Å². The van der Waals surface area contributed by atoms with Crippen LogP contribution in [0.5, 0.6) is 0 Å². The summed E-state index contributed by atoms with van der Waals surface area (Å²) in [4.78, 5) is 4.57. The molecule has 1 aromatic carbocycles. The van der Waals surface area contributed by atoms with Gasteiger partial charge in [0.1, 0.15) is 0 Å². The molecule has 1 fully saturated rings. The van der Waals surface area contributed by atoms with E-state index in [0.717, 1.165) is 11.2 Å². The minimum atomic E-state index is 0.181. The van der Waals surface area contributed by atoms with Crippen molar-refractivity contribution in [1.82, 2.24) is 10.4 Å². The predicted octanol–water partition coefficient (Wildman–Crippen LogP) is 3.73. The van der Waals surface area contributed by atoms with Crippen molar-refractivity contribution in [3.05, 3.63) is 41.6 Å². The number of nitrogens with one attached hydrogen (secondary N) is 1. The molecule has 1 atom stereocenters. The van der Waals surface area contributed by atoms with Crippen LogP contribution in [0.2, 0.25) is 0 Å². The molecule has 1 aliphatic carbocycles. The molecular formula is C18H25N3. The maximum atomic E-state index is 5.89. The van der Waals surface area contributed by atoms with Gasteiger partial charge in [-0.15, -0.1) is 0 Å². The van der Waals surface area contributed by atoms with Gasteiger partial charge in [-0.1, -0.05) is 39.8 Å². The number of fused-ring (bicyclic) bond motifs is 1. The summed E-state index contributed by atoms with van der Waals surface area (Å²) in [5.41, 5.74) is 6.98. The smallest absolute Gasteiger partial charge is 0.0705 e. The summed E-state index contributed by atoms with van der Waals surface area (Å²) in [7, 11) is 0. The summed E-state index contributed by atoms with van der Waals surface area (Å²) in [6.07, 6.45) is 0. The van der Waals surface area contributed by atoms with Crippen LogP contribution in [-0.2, 0) is 0 Å². The van der Waals surface area contributed by atoms with Gasteiger partial charge >= 0.3 is 0 Å². The van der Waals surface area contributed by atoms with Crippen LogP contribution >= 0.6 is 0 Å². The molecule has 21 heavy (non-hydrogen) atoms. The minimum absolute atomic E-state index is 0.181. The first-order valence-corrected chi connectivity index (χ1v) is 7.62. The summed E-state index contributed by atoms with van der Waals surface area (Å²) < 4.78 is 0. The number of aromatic nitrogens is 1. The van der Waals surface area contributed by atoms with Crippen LogP contribution in [0.4, 0.5) is 0 Å². The Morgan fingerprint density at radius 2 is 1.76 bits per heavy atom. The zero-order valence-electron chi connectivity index (χ0n) is 13.6. The lowest BCUT2D eigenvalue weighted by Crippen LogP contribution is -2.31. The first-order chi connectivity index (χ1) is 9.79. The van der Waals surface area contributed by atoms with Crippen molar-refractivity contribution in [2.75, 3.05) is 0 Å². The van der Waals surface area contributed by atoms with Crippen molar-refractivity contribution in [3.8, 4) is 0 Å². The van der Waals surface area contributed by atoms with E-state index in [1.54, 1.807) is 0 Å². The Hall–Kier alpha value is -1.45. The van der Waals surface area contributed by atoms with Crippen LogP contribution in [-0.4, -0.2) is 4.98 Å². The van der Waals surface area contributed by atoms with E-state index in [-0.39, 0.29) is 6.04 Å². The van der Waals surface area contributed by atoms with Gasteiger partial charge in [-0.2, -0.15) is 0 Å². The molecule has 1 heterocycles. The maximum absolute atomic E-state index is 5.89. The molecule has 3 heteroatoms. The second-order valence-corrected chi connectivity index (χ2v) is 7.47. The summed E-state index contributed by atoms with van der Waals surface area (Å²) in [6, 6.07) is 10.9. The molecule has 3 N–H and O–H groups in total. The van der Waals surface area contributed by atoms with Gasteiger partial charge in [-0.05, 0) is 47.4 Å². The number of benzene rings is 1. The van der Waals surface area contributed by atoms with Crippen molar-refractivity contribution in [2.45, 2.75) is 40.7 Å². The zero-order valence-corrected chi connectivity index (χ0v) is 13.6. The molecule has 0 spiro atoms. The number of pyridine rings is 1. The van der Waals surface area contributed by atoms with Gasteiger partial charge in [-0.25, -0.2) is 0 Å². The Labute approximate surface area is 126 Å². The molecule has 1 saturated carbocycles. The topological polar surface area (TPSA) is 50.9 Å². The fourth-order valence-corrected chi connectivity index (χ4v) is 3.91. The number of hydrogen-bond donors (Lipinski definition) is 2. The highest BCUT2D eigenvalue weighted by atomic mass is 15.2. The third-order valence-corrected chi connectivity index (χ3v) is 5.86. The molecule has 0 radical (unpaired) electrons. The first-order valence-electron chi connectivity index (χ1n) is 7.62. The predicted molar refractivity (Wildman–Crippen MR) is 87.6 cm³/mol. The molecule has 3 nitrogen and oxygen atoms in total. The Bertz CT molecular complexity index is 674. The second-order valence-electron chi connectivity index (χ2n) is 7.47. The van der Waals surface area contributed by atoms with Crippen LogP contribution in [0.1, 0.15) is 45.0 Å². The van der Waals surface area contributed by atoms with E-state index in [2.05, 4.69) is 68.4 Å². The van der Waals surface area contributed by atoms with Gasteiger partial charge < -0.3 is 0 Å². The highest BCUT2D eigenvalue weighted by Crippen LogP contribution is 2.72. The Kier molecular flexibility index (Phi) is 3.12. The third kappa shape index (κ3) is 2.07. The van der Waals surface area contributed by atoms with E-state index >= 15 is 0 Å². The molecule has 3 rings (SSSR count). The van der Waals surface area contributed by atoms with E-state index < -0.39 is 0 Å². The van der Waals surface area contributed by atoms with E-state index in [0.29, 0.717) is 16.7 Å². The summed E-state index contributed by atoms with van der Waals surface area (Å²) in [6.45, 7) is 11.3. The number of rotatable bonds is 3. The van der Waals surface area contributed by atoms with Gasteiger partial charge in [0.25, 0.3) is 0 Å². The van der Waals surface area contributed by atoms with Gasteiger partial charge in [0.15, 0.2) is 0 Å².